The van der Waals surface area contributed by atoms with Gasteiger partial charge in [-0.25, -0.2) is 0 Å². The van der Waals surface area contributed by atoms with Crippen LogP contribution in [-0.4, -0.2) is 52.3 Å². The summed E-state index contributed by atoms with van der Waals surface area (Å²) in [6.45, 7) is 11.4. The fourth-order valence-corrected chi connectivity index (χ4v) is 3.43. The number of nitrogens with zero attached hydrogens (tertiary/aromatic N) is 4. The predicted octanol–water partition coefficient (Wildman–Crippen LogP) is 2.27. The quantitative estimate of drug-likeness (QED) is 0.828. The van der Waals surface area contributed by atoms with Gasteiger partial charge < -0.3 is 4.90 Å². The summed E-state index contributed by atoms with van der Waals surface area (Å²) in [6, 6.07) is 0. The molecule has 0 spiro atoms. The Morgan fingerprint density at radius 2 is 1.74 bits per heavy atom. The average Bonchev–Trinajstić information content (AvgIpc) is 2.68. The Morgan fingerprint density at radius 3 is 2.26 bits per heavy atom. The number of aryl methyl sites for hydroxylation is 2. The van der Waals surface area contributed by atoms with Crippen molar-refractivity contribution in [2.24, 2.45) is 7.05 Å². The molecule has 0 radical (unpaired) electrons. The van der Waals surface area contributed by atoms with Crippen molar-refractivity contribution in [2.45, 2.75) is 33.2 Å². The fraction of sp³-hybridized carbons (Fsp3) is 0.786. The van der Waals surface area contributed by atoms with Crippen LogP contribution < -0.4 is 0 Å². The Balaban J connectivity index is 1.94. The zero-order valence-corrected chi connectivity index (χ0v) is 13.9. The molecular formula is C14H25BrN4. The molecule has 0 atom stereocenters. The number of hydrogen-bond donors (Lipinski definition) is 0. The van der Waals surface area contributed by atoms with Crippen LogP contribution in [-0.2, 0) is 20.0 Å². The Labute approximate surface area is 124 Å². The molecule has 108 valence electrons. The largest absolute Gasteiger partial charge is 0.301 e. The zero-order valence-electron chi connectivity index (χ0n) is 12.3. The van der Waals surface area contributed by atoms with Crippen molar-refractivity contribution < 1.29 is 0 Å². The summed E-state index contributed by atoms with van der Waals surface area (Å²) in [6.07, 6.45) is 2.24. The Bertz CT molecular complexity index is 408. The van der Waals surface area contributed by atoms with E-state index >= 15 is 0 Å². The van der Waals surface area contributed by atoms with E-state index in [-0.39, 0.29) is 0 Å². The van der Waals surface area contributed by atoms with Crippen LogP contribution >= 0.6 is 15.9 Å². The van der Waals surface area contributed by atoms with E-state index in [4.69, 9.17) is 0 Å². The SMILES string of the molecule is CCCN1CCN(Cc2c(Br)c(CC)nn2C)CC1. The fourth-order valence-electron chi connectivity index (χ4n) is 2.69. The molecular weight excluding hydrogens is 304 g/mol. The van der Waals surface area contributed by atoms with E-state index in [2.05, 4.69) is 44.7 Å². The molecule has 0 unspecified atom stereocenters. The number of piperazine rings is 1. The van der Waals surface area contributed by atoms with Crippen molar-refractivity contribution >= 4 is 15.9 Å². The molecule has 1 saturated heterocycles. The summed E-state index contributed by atoms with van der Waals surface area (Å²) in [4.78, 5) is 5.10. The molecule has 1 fully saturated rings. The first kappa shape index (κ1) is 15.0. The zero-order chi connectivity index (χ0) is 13.8. The highest BCUT2D eigenvalue weighted by molar-refractivity contribution is 9.10. The van der Waals surface area contributed by atoms with Gasteiger partial charge in [0.15, 0.2) is 0 Å². The lowest BCUT2D eigenvalue weighted by molar-refractivity contribution is 0.125. The molecule has 0 saturated carbocycles. The lowest BCUT2D eigenvalue weighted by atomic mass is 10.2. The van der Waals surface area contributed by atoms with Crippen molar-refractivity contribution in [3.63, 3.8) is 0 Å². The van der Waals surface area contributed by atoms with Crippen LogP contribution in [0.3, 0.4) is 0 Å². The van der Waals surface area contributed by atoms with Gasteiger partial charge in [-0.15, -0.1) is 0 Å². The molecule has 5 heteroatoms. The second-order valence-electron chi connectivity index (χ2n) is 5.30. The van der Waals surface area contributed by atoms with Crippen LogP contribution in [0.2, 0.25) is 0 Å². The molecule has 0 amide bonds. The molecule has 0 N–H and O–H groups in total. The topological polar surface area (TPSA) is 24.3 Å². The molecule has 4 nitrogen and oxygen atoms in total. The third-order valence-electron chi connectivity index (χ3n) is 3.88. The second kappa shape index (κ2) is 6.86. The number of hydrogen-bond acceptors (Lipinski definition) is 3. The maximum absolute atomic E-state index is 4.57. The number of halogens is 1. The van der Waals surface area contributed by atoms with Crippen LogP contribution in [0.4, 0.5) is 0 Å². The average molecular weight is 329 g/mol. The summed E-state index contributed by atoms with van der Waals surface area (Å²) < 4.78 is 3.23. The molecule has 0 bridgehead atoms. The van der Waals surface area contributed by atoms with Gasteiger partial charge in [-0.05, 0) is 35.3 Å². The highest BCUT2D eigenvalue weighted by atomic mass is 79.9. The highest BCUT2D eigenvalue weighted by Gasteiger charge is 2.20. The van der Waals surface area contributed by atoms with Gasteiger partial charge in [0.25, 0.3) is 0 Å². The van der Waals surface area contributed by atoms with Crippen molar-refractivity contribution in [1.29, 1.82) is 0 Å². The molecule has 2 heterocycles. The smallest absolute Gasteiger partial charge is 0.0767 e. The van der Waals surface area contributed by atoms with E-state index in [0.29, 0.717) is 0 Å². The van der Waals surface area contributed by atoms with Crippen LogP contribution in [0.1, 0.15) is 31.7 Å². The molecule has 1 aromatic heterocycles. The standard InChI is InChI=1S/C14H25BrN4/c1-4-6-18-7-9-19(10-8-18)11-13-14(15)12(5-2)16-17(13)3/h4-11H2,1-3H3. The van der Waals surface area contributed by atoms with Gasteiger partial charge in [0, 0.05) is 39.8 Å². The van der Waals surface area contributed by atoms with Gasteiger partial charge in [0.1, 0.15) is 0 Å². The minimum absolute atomic E-state index is 0.985. The van der Waals surface area contributed by atoms with Gasteiger partial charge in [-0.2, -0.15) is 5.10 Å². The summed E-state index contributed by atoms with van der Waals surface area (Å²) in [5.41, 5.74) is 2.47. The van der Waals surface area contributed by atoms with Crippen LogP contribution in [0.5, 0.6) is 0 Å². The maximum Gasteiger partial charge on any atom is 0.0767 e. The third kappa shape index (κ3) is 3.58. The van der Waals surface area contributed by atoms with Gasteiger partial charge in [-0.1, -0.05) is 13.8 Å². The summed E-state index contributed by atoms with van der Waals surface area (Å²) >= 11 is 3.71. The molecule has 2 rings (SSSR count). The summed E-state index contributed by atoms with van der Waals surface area (Å²) in [5, 5.41) is 4.57. The normalized spacial score (nSPS) is 18.1. The van der Waals surface area contributed by atoms with Crippen LogP contribution in [0, 0.1) is 0 Å². The van der Waals surface area contributed by atoms with E-state index in [9.17, 15) is 0 Å². The van der Waals surface area contributed by atoms with Crippen molar-refractivity contribution in [3.8, 4) is 0 Å². The molecule has 1 aromatic rings. The molecule has 1 aliphatic rings. The number of aromatic nitrogens is 2. The molecule has 1 aliphatic heterocycles. The molecule has 19 heavy (non-hydrogen) atoms. The van der Waals surface area contributed by atoms with Gasteiger partial charge in [0.2, 0.25) is 0 Å². The molecule has 0 aliphatic carbocycles. The number of rotatable bonds is 5. The van der Waals surface area contributed by atoms with Crippen molar-refractivity contribution in [2.75, 3.05) is 32.7 Å². The van der Waals surface area contributed by atoms with Gasteiger partial charge >= 0.3 is 0 Å². The second-order valence-corrected chi connectivity index (χ2v) is 6.10. The monoisotopic (exact) mass is 328 g/mol. The highest BCUT2D eigenvalue weighted by Crippen LogP contribution is 2.23. The van der Waals surface area contributed by atoms with Crippen LogP contribution in [0.15, 0.2) is 4.47 Å². The van der Waals surface area contributed by atoms with Crippen LogP contribution in [0.25, 0.3) is 0 Å². The lowest BCUT2D eigenvalue weighted by Crippen LogP contribution is -2.46. The maximum atomic E-state index is 4.57. The van der Waals surface area contributed by atoms with E-state index < -0.39 is 0 Å². The first-order valence-corrected chi connectivity index (χ1v) is 8.10. The third-order valence-corrected chi connectivity index (χ3v) is 4.80. The van der Waals surface area contributed by atoms with Crippen molar-refractivity contribution in [1.82, 2.24) is 19.6 Å². The van der Waals surface area contributed by atoms with Gasteiger partial charge in [0.05, 0.1) is 15.9 Å². The Morgan fingerprint density at radius 1 is 1.11 bits per heavy atom. The Kier molecular flexibility index (Phi) is 5.42. The minimum Gasteiger partial charge on any atom is -0.301 e. The van der Waals surface area contributed by atoms with Gasteiger partial charge in [-0.3, -0.25) is 9.58 Å². The van der Waals surface area contributed by atoms with Crippen molar-refractivity contribution in [3.05, 3.63) is 15.9 Å². The lowest BCUT2D eigenvalue weighted by Gasteiger charge is -2.34. The van der Waals surface area contributed by atoms with E-state index in [1.807, 2.05) is 11.7 Å². The minimum atomic E-state index is 0.985. The van der Waals surface area contributed by atoms with E-state index in [1.165, 1.54) is 55.0 Å². The Hall–Kier alpha value is -0.390. The summed E-state index contributed by atoms with van der Waals surface area (Å²) in [7, 11) is 2.05. The first-order valence-electron chi connectivity index (χ1n) is 7.30. The van der Waals surface area contributed by atoms with E-state index in [1.54, 1.807) is 0 Å². The van der Waals surface area contributed by atoms with E-state index in [0.717, 1.165) is 13.0 Å². The summed E-state index contributed by atoms with van der Waals surface area (Å²) in [5.74, 6) is 0. The molecule has 0 aromatic carbocycles. The predicted molar refractivity (Wildman–Crippen MR) is 82.3 cm³/mol. The first-order chi connectivity index (χ1) is 9.15.